The van der Waals surface area contributed by atoms with Crippen molar-refractivity contribution in [2.45, 2.75) is 6.42 Å². The van der Waals surface area contributed by atoms with E-state index in [1.54, 1.807) is 0 Å². The van der Waals surface area contributed by atoms with Crippen LogP contribution in [-0.2, 0) is 6.42 Å². The lowest BCUT2D eigenvalue weighted by Crippen LogP contribution is -1.88. The number of benzene rings is 3. The molecule has 0 N–H and O–H groups in total. The van der Waals surface area contributed by atoms with E-state index in [0.29, 0.717) is 0 Å². The molecule has 0 aromatic heterocycles. The summed E-state index contributed by atoms with van der Waals surface area (Å²) in [6.07, 6.45) is 3.26. The quantitative estimate of drug-likeness (QED) is 0.616. The van der Waals surface area contributed by atoms with E-state index in [1.165, 1.54) is 21.9 Å². The second kappa shape index (κ2) is 5.05. The third-order valence-electron chi connectivity index (χ3n) is 3.19. The van der Waals surface area contributed by atoms with Gasteiger partial charge in [-0.25, -0.2) is 0 Å². The number of hydrogen-bond donors (Lipinski definition) is 0. The van der Waals surface area contributed by atoms with Crippen molar-refractivity contribution < 1.29 is 0 Å². The van der Waals surface area contributed by atoms with Crippen LogP contribution >= 0.6 is 0 Å². The van der Waals surface area contributed by atoms with Crippen molar-refractivity contribution in [2.75, 3.05) is 0 Å². The Kier molecular flexibility index (Phi) is 3.10. The first-order valence-electron chi connectivity index (χ1n) is 6.28. The fraction of sp³-hybridized carbons (Fsp3) is 0.0556. The highest BCUT2D eigenvalue weighted by atomic mass is 14.0. The second-order valence-corrected chi connectivity index (χ2v) is 4.50. The summed E-state index contributed by atoms with van der Waals surface area (Å²) in [5.74, 6) is 0. The lowest BCUT2D eigenvalue weighted by Gasteiger charge is -2.04. The molecule has 0 fully saturated rings. The second-order valence-electron chi connectivity index (χ2n) is 4.50. The van der Waals surface area contributed by atoms with Crippen LogP contribution in [0.3, 0.4) is 0 Å². The van der Waals surface area contributed by atoms with Gasteiger partial charge in [0.25, 0.3) is 0 Å². The smallest absolute Gasteiger partial charge is 0.00492 e. The highest BCUT2D eigenvalue weighted by Crippen LogP contribution is 2.17. The molecule has 1 radical (unpaired) electrons. The van der Waals surface area contributed by atoms with Crippen LogP contribution in [0.25, 0.3) is 10.8 Å². The summed E-state index contributed by atoms with van der Waals surface area (Å²) in [5, 5.41) is 2.61. The van der Waals surface area contributed by atoms with Gasteiger partial charge in [0, 0.05) is 0 Å². The van der Waals surface area contributed by atoms with E-state index in [4.69, 9.17) is 0 Å². The van der Waals surface area contributed by atoms with Crippen LogP contribution in [0.15, 0.2) is 72.8 Å². The van der Waals surface area contributed by atoms with Gasteiger partial charge in [0.2, 0.25) is 0 Å². The Bertz CT molecular complexity index is 638. The maximum Gasteiger partial charge on any atom is -0.00492 e. The minimum absolute atomic E-state index is 0.985. The van der Waals surface area contributed by atoms with Gasteiger partial charge in [-0.2, -0.15) is 0 Å². The zero-order valence-corrected chi connectivity index (χ0v) is 10.2. The van der Waals surface area contributed by atoms with Crippen molar-refractivity contribution >= 4 is 10.8 Å². The first-order chi connectivity index (χ1) is 8.92. The van der Waals surface area contributed by atoms with Gasteiger partial charge in [-0.3, -0.25) is 0 Å². The molecule has 0 heteroatoms. The molecular weight excluding hydrogens is 216 g/mol. The Morgan fingerprint density at radius 1 is 0.667 bits per heavy atom. The van der Waals surface area contributed by atoms with Crippen LogP contribution in [0.5, 0.6) is 0 Å². The Labute approximate surface area is 108 Å². The average Bonchev–Trinajstić information content (AvgIpc) is 2.46. The molecule has 0 unspecified atom stereocenters. The van der Waals surface area contributed by atoms with Gasteiger partial charge in [0.15, 0.2) is 0 Å². The maximum atomic E-state index is 2.28. The van der Waals surface area contributed by atoms with Crippen LogP contribution < -0.4 is 0 Å². The third kappa shape index (κ3) is 2.43. The van der Waals surface area contributed by atoms with Crippen LogP contribution in [-0.4, -0.2) is 0 Å². The molecular formula is C18H15. The lowest BCUT2D eigenvalue weighted by molar-refractivity contribution is 1.17. The summed E-state index contributed by atoms with van der Waals surface area (Å²) in [4.78, 5) is 0. The van der Waals surface area contributed by atoms with Gasteiger partial charge in [-0.15, -0.1) is 0 Å². The normalized spacial score (nSPS) is 10.7. The van der Waals surface area contributed by atoms with Crippen molar-refractivity contribution in [2.24, 2.45) is 0 Å². The zero-order chi connectivity index (χ0) is 12.2. The van der Waals surface area contributed by atoms with Gasteiger partial charge >= 0.3 is 0 Å². The largest absolute Gasteiger partial charge is 0.0622 e. The van der Waals surface area contributed by atoms with E-state index in [9.17, 15) is 0 Å². The molecule has 3 aromatic carbocycles. The topological polar surface area (TPSA) is 0 Å². The molecule has 0 bridgehead atoms. The zero-order valence-electron chi connectivity index (χ0n) is 10.2. The van der Waals surface area contributed by atoms with Crippen molar-refractivity contribution in [1.29, 1.82) is 0 Å². The number of fused-ring (bicyclic) bond motifs is 1. The van der Waals surface area contributed by atoms with E-state index in [2.05, 4.69) is 79.2 Å². The minimum atomic E-state index is 0.985. The van der Waals surface area contributed by atoms with Gasteiger partial charge in [-0.1, -0.05) is 72.8 Å². The molecule has 0 nitrogen and oxygen atoms in total. The summed E-state index contributed by atoms with van der Waals surface area (Å²) in [6, 6.07) is 25.7. The SMILES string of the molecule is [CH](Cc1ccccc1)c1ccc2ccccc2c1. The summed E-state index contributed by atoms with van der Waals surface area (Å²) in [7, 11) is 0. The monoisotopic (exact) mass is 231 g/mol. The average molecular weight is 231 g/mol. The van der Waals surface area contributed by atoms with E-state index in [0.717, 1.165) is 6.42 Å². The fourth-order valence-corrected chi connectivity index (χ4v) is 2.18. The highest BCUT2D eigenvalue weighted by molar-refractivity contribution is 5.83. The van der Waals surface area contributed by atoms with Crippen LogP contribution in [0.2, 0.25) is 0 Å². The van der Waals surface area contributed by atoms with Gasteiger partial charge in [0.05, 0.1) is 0 Å². The fourth-order valence-electron chi connectivity index (χ4n) is 2.18. The van der Waals surface area contributed by atoms with Crippen molar-refractivity contribution in [3.8, 4) is 0 Å². The summed E-state index contributed by atoms with van der Waals surface area (Å²) in [6.45, 7) is 0. The Morgan fingerprint density at radius 3 is 2.22 bits per heavy atom. The molecule has 3 rings (SSSR count). The molecule has 87 valence electrons. The maximum absolute atomic E-state index is 2.28. The lowest BCUT2D eigenvalue weighted by atomic mass is 10.0. The van der Waals surface area contributed by atoms with E-state index in [-0.39, 0.29) is 0 Å². The first-order valence-corrected chi connectivity index (χ1v) is 6.28. The molecule has 0 aliphatic heterocycles. The first kappa shape index (κ1) is 11.0. The van der Waals surface area contributed by atoms with Gasteiger partial charge in [0.1, 0.15) is 0 Å². The minimum Gasteiger partial charge on any atom is -0.0622 e. The third-order valence-corrected chi connectivity index (χ3v) is 3.19. The van der Waals surface area contributed by atoms with E-state index in [1.807, 2.05) is 0 Å². The number of rotatable bonds is 3. The standard InChI is InChI=1S/C18H15/c1-2-6-15(7-3-1)10-11-16-12-13-17-8-4-5-9-18(17)14-16/h1-9,11-14H,10H2. The molecule has 0 aliphatic rings. The van der Waals surface area contributed by atoms with E-state index >= 15 is 0 Å². The molecule has 0 aliphatic carbocycles. The van der Waals surface area contributed by atoms with Gasteiger partial charge in [-0.05, 0) is 34.7 Å². The Hall–Kier alpha value is -2.08. The van der Waals surface area contributed by atoms with Crippen LogP contribution in [0, 0.1) is 6.42 Å². The molecule has 0 spiro atoms. The van der Waals surface area contributed by atoms with Crippen LogP contribution in [0.1, 0.15) is 11.1 Å². The van der Waals surface area contributed by atoms with Crippen molar-refractivity contribution in [3.05, 3.63) is 90.3 Å². The van der Waals surface area contributed by atoms with Crippen molar-refractivity contribution in [3.63, 3.8) is 0 Å². The summed E-state index contributed by atoms with van der Waals surface area (Å²) in [5.41, 5.74) is 2.64. The summed E-state index contributed by atoms with van der Waals surface area (Å²) >= 11 is 0. The predicted molar refractivity (Wildman–Crippen MR) is 77.5 cm³/mol. The molecule has 3 aromatic rings. The molecule has 0 heterocycles. The molecule has 0 atom stereocenters. The Morgan fingerprint density at radius 2 is 1.39 bits per heavy atom. The molecule has 18 heavy (non-hydrogen) atoms. The van der Waals surface area contributed by atoms with Crippen LogP contribution in [0.4, 0.5) is 0 Å². The van der Waals surface area contributed by atoms with E-state index < -0.39 is 0 Å². The van der Waals surface area contributed by atoms with Crippen molar-refractivity contribution in [1.82, 2.24) is 0 Å². The highest BCUT2D eigenvalue weighted by Gasteiger charge is 1.98. The predicted octanol–water partition coefficient (Wildman–Crippen LogP) is 4.63. The van der Waals surface area contributed by atoms with Gasteiger partial charge < -0.3 is 0 Å². The number of hydrogen-bond acceptors (Lipinski definition) is 0. The molecule has 0 saturated carbocycles. The molecule has 0 saturated heterocycles. The summed E-state index contributed by atoms with van der Waals surface area (Å²) < 4.78 is 0. The molecule has 0 amide bonds. The Balaban J connectivity index is 1.79.